The van der Waals surface area contributed by atoms with Crippen molar-refractivity contribution < 1.29 is 13.6 Å². The summed E-state index contributed by atoms with van der Waals surface area (Å²) < 4.78 is 27.9. The number of aryl methyl sites for hydroxylation is 1. The van der Waals surface area contributed by atoms with Crippen molar-refractivity contribution in [3.63, 3.8) is 0 Å². The van der Waals surface area contributed by atoms with Gasteiger partial charge in [-0.1, -0.05) is 0 Å². The maximum absolute atomic E-state index is 13.9. The molecule has 3 rings (SSSR count). The van der Waals surface area contributed by atoms with Crippen LogP contribution in [0.25, 0.3) is 0 Å². The molecular weight excluding hydrogens is 376 g/mol. The smallest absolute Gasteiger partial charge is 0.237 e. The predicted octanol–water partition coefficient (Wildman–Crippen LogP) is 3.01. The lowest BCUT2D eigenvalue weighted by Crippen LogP contribution is -2.50. The maximum Gasteiger partial charge on any atom is 0.237 e. The summed E-state index contributed by atoms with van der Waals surface area (Å²) in [7, 11) is 0. The van der Waals surface area contributed by atoms with Gasteiger partial charge in [0, 0.05) is 29.8 Å². The molecule has 6 nitrogen and oxygen atoms in total. The second-order valence-corrected chi connectivity index (χ2v) is 8.00. The molecule has 0 bridgehead atoms. The number of nitrogens with zero attached hydrogens (tertiary/aromatic N) is 3. The molecule has 0 saturated carbocycles. The van der Waals surface area contributed by atoms with Crippen LogP contribution in [0.4, 0.5) is 8.78 Å². The monoisotopic (exact) mass is 401 g/mol. The van der Waals surface area contributed by atoms with Crippen LogP contribution in [0, 0.1) is 29.9 Å². The number of nitriles is 1. The zero-order chi connectivity index (χ0) is 21.2. The SMILES string of the molecule is Cc1[nH]cnc1C(c1cc(F)cc(F)c1)C(C)(C)NCC(=O)N1CCC[C@H]1C#N. The fraction of sp³-hybridized carbons (Fsp3) is 0.476. The van der Waals surface area contributed by atoms with Crippen LogP contribution in [0.1, 0.15) is 49.6 Å². The third kappa shape index (κ3) is 4.46. The minimum atomic E-state index is -0.752. The number of halogens is 2. The van der Waals surface area contributed by atoms with Crippen molar-refractivity contribution in [2.45, 2.75) is 51.1 Å². The van der Waals surface area contributed by atoms with Crippen LogP contribution in [-0.4, -0.2) is 45.4 Å². The van der Waals surface area contributed by atoms with E-state index >= 15 is 0 Å². The fourth-order valence-corrected chi connectivity index (χ4v) is 4.03. The minimum absolute atomic E-state index is 0.0168. The zero-order valence-corrected chi connectivity index (χ0v) is 16.8. The van der Waals surface area contributed by atoms with Crippen LogP contribution >= 0.6 is 0 Å². The molecule has 1 unspecified atom stereocenters. The van der Waals surface area contributed by atoms with Crippen LogP contribution in [0.2, 0.25) is 0 Å². The molecule has 1 aromatic carbocycles. The number of carbonyl (C=O) groups excluding carboxylic acids is 1. The van der Waals surface area contributed by atoms with Gasteiger partial charge in [0.05, 0.1) is 24.6 Å². The van der Waals surface area contributed by atoms with Crippen molar-refractivity contribution in [2.24, 2.45) is 0 Å². The lowest BCUT2D eigenvalue weighted by molar-refractivity contribution is -0.130. The van der Waals surface area contributed by atoms with Gasteiger partial charge in [-0.15, -0.1) is 0 Å². The number of rotatable bonds is 6. The molecular formula is C21H25F2N5O. The Morgan fingerprint density at radius 3 is 2.69 bits per heavy atom. The lowest BCUT2D eigenvalue weighted by atomic mass is 9.78. The van der Waals surface area contributed by atoms with Gasteiger partial charge in [0.25, 0.3) is 0 Å². The van der Waals surface area contributed by atoms with Crippen LogP contribution < -0.4 is 5.32 Å². The molecule has 1 saturated heterocycles. The number of hydrogen-bond acceptors (Lipinski definition) is 4. The molecule has 0 radical (unpaired) electrons. The van der Waals surface area contributed by atoms with Crippen molar-refractivity contribution >= 4 is 5.91 Å². The second kappa shape index (κ2) is 8.29. The first-order valence-electron chi connectivity index (χ1n) is 9.63. The van der Waals surface area contributed by atoms with Crippen LogP contribution in [0.15, 0.2) is 24.5 Å². The Hall–Kier alpha value is -2.79. The van der Waals surface area contributed by atoms with E-state index in [2.05, 4.69) is 21.4 Å². The largest absolute Gasteiger partial charge is 0.348 e. The highest BCUT2D eigenvalue weighted by Gasteiger charge is 2.36. The zero-order valence-electron chi connectivity index (χ0n) is 16.8. The Kier molecular flexibility index (Phi) is 5.99. The number of aromatic amines is 1. The molecule has 29 heavy (non-hydrogen) atoms. The summed E-state index contributed by atoms with van der Waals surface area (Å²) in [5.74, 6) is -2.00. The summed E-state index contributed by atoms with van der Waals surface area (Å²) in [5, 5.41) is 12.4. The van der Waals surface area contributed by atoms with E-state index in [0.717, 1.165) is 18.2 Å². The van der Waals surface area contributed by atoms with Crippen molar-refractivity contribution in [3.8, 4) is 6.07 Å². The first-order valence-corrected chi connectivity index (χ1v) is 9.63. The quantitative estimate of drug-likeness (QED) is 0.779. The summed E-state index contributed by atoms with van der Waals surface area (Å²) >= 11 is 0. The van der Waals surface area contributed by atoms with Crippen molar-refractivity contribution in [1.82, 2.24) is 20.2 Å². The van der Waals surface area contributed by atoms with Crippen molar-refractivity contribution in [3.05, 3.63) is 53.1 Å². The number of hydrogen-bond donors (Lipinski definition) is 2. The molecule has 154 valence electrons. The van der Waals surface area contributed by atoms with E-state index < -0.39 is 29.1 Å². The Labute approximate surface area is 168 Å². The molecule has 2 N–H and O–H groups in total. The Morgan fingerprint density at radius 1 is 1.41 bits per heavy atom. The number of imidazole rings is 1. The predicted molar refractivity (Wildman–Crippen MR) is 104 cm³/mol. The standard InChI is InChI=1S/C21H25F2N5O/c1-13-20(26-12-25-13)19(14-7-15(22)9-16(23)8-14)21(2,3)27-11-18(29)28-6-4-5-17(28)10-24/h7-9,12,17,19,27H,4-6,11H2,1-3H3,(H,25,26)/t17-,19?/m0/s1. The van der Waals surface area contributed by atoms with E-state index in [1.807, 2.05) is 20.8 Å². The number of benzene rings is 1. The van der Waals surface area contributed by atoms with E-state index in [1.54, 1.807) is 4.90 Å². The first kappa shape index (κ1) is 20.9. The third-order valence-corrected chi connectivity index (χ3v) is 5.50. The fourth-order valence-electron chi connectivity index (χ4n) is 4.03. The van der Waals surface area contributed by atoms with E-state index in [9.17, 15) is 18.8 Å². The molecule has 2 aromatic rings. The molecule has 1 aliphatic heterocycles. The highest BCUT2D eigenvalue weighted by atomic mass is 19.1. The highest BCUT2D eigenvalue weighted by molar-refractivity contribution is 5.79. The molecule has 1 aliphatic rings. The second-order valence-electron chi connectivity index (χ2n) is 8.00. The molecule has 2 atom stereocenters. The Morgan fingerprint density at radius 2 is 2.10 bits per heavy atom. The van der Waals surface area contributed by atoms with Gasteiger partial charge in [0.1, 0.15) is 17.7 Å². The van der Waals surface area contributed by atoms with Gasteiger partial charge in [0.15, 0.2) is 0 Å². The number of carbonyl (C=O) groups is 1. The molecule has 1 aromatic heterocycles. The molecule has 1 amide bonds. The lowest BCUT2D eigenvalue weighted by Gasteiger charge is -2.36. The van der Waals surface area contributed by atoms with Crippen molar-refractivity contribution in [1.29, 1.82) is 5.26 Å². The van der Waals surface area contributed by atoms with Crippen LogP contribution in [-0.2, 0) is 4.79 Å². The molecule has 1 fully saturated rings. The molecule has 0 aliphatic carbocycles. The Balaban J connectivity index is 1.87. The van der Waals surface area contributed by atoms with E-state index in [-0.39, 0.29) is 12.5 Å². The molecule has 8 heteroatoms. The summed E-state index contributed by atoms with van der Waals surface area (Å²) in [6, 6.07) is 5.18. The first-order chi connectivity index (χ1) is 13.7. The van der Waals surface area contributed by atoms with E-state index in [4.69, 9.17) is 0 Å². The Bertz CT molecular complexity index is 913. The minimum Gasteiger partial charge on any atom is -0.348 e. The van der Waals surface area contributed by atoms with Crippen molar-refractivity contribution in [2.75, 3.05) is 13.1 Å². The van der Waals surface area contributed by atoms with Gasteiger partial charge >= 0.3 is 0 Å². The average molecular weight is 401 g/mol. The topological polar surface area (TPSA) is 84.8 Å². The summed E-state index contributed by atoms with van der Waals surface area (Å²) in [6.07, 6.45) is 3.03. The van der Waals surface area contributed by atoms with Gasteiger partial charge in [-0.25, -0.2) is 13.8 Å². The summed E-state index contributed by atoms with van der Waals surface area (Å²) in [6.45, 7) is 6.16. The van der Waals surface area contributed by atoms with E-state index in [0.29, 0.717) is 24.2 Å². The summed E-state index contributed by atoms with van der Waals surface area (Å²) in [5.41, 5.74) is 1.11. The molecule has 0 spiro atoms. The third-order valence-electron chi connectivity index (χ3n) is 5.50. The van der Waals surface area contributed by atoms with Crippen LogP contribution in [0.3, 0.4) is 0 Å². The highest BCUT2D eigenvalue weighted by Crippen LogP contribution is 2.36. The summed E-state index contributed by atoms with van der Waals surface area (Å²) in [4.78, 5) is 21.6. The number of aromatic nitrogens is 2. The number of nitrogens with one attached hydrogen (secondary N) is 2. The number of amides is 1. The molecule has 2 heterocycles. The van der Waals surface area contributed by atoms with E-state index in [1.165, 1.54) is 18.5 Å². The van der Waals surface area contributed by atoms with Crippen LogP contribution in [0.5, 0.6) is 0 Å². The maximum atomic E-state index is 13.9. The number of likely N-dealkylation sites (tertiary alicyclic amines) is 1. The normalized spacial score (nSPS) is 17.9. The van der Waals surface area contributed by atoms with Gasteiger partial charge in [-0.2, -0.15) is 5.26 Å². The van der Waals surface area contributed by atoms with Gasteiger partial charge in [-0.05, 0) is 51.3 Å². The van der Waals surface area contributed by atoms with Gasteiger partial charge in [-0.3, -0.25) is 4.79 Å². The average Bonchev–Trinajstić information content (AvgIpc) is 3.28. The number of H-pyrrole nitrogens is 1. The van der Waals surface area contributed by atoms with Gasteiger partial charge < -0.3 is 15.2 Å². The van der Waals surface area contributed by atoms with Gasteiger partial charge in [0.2, 0.25) is 5.91 Å².